The number of carbonyl (C=O) groups is 2. The number of nitrogens with zero attached hydrogens (tertiary/aromatic N) is 1. The molecule has 0 N–H and O–H groups in total. The molecule has 0 aliphatic carbocycles. The van der Waals surface area contributed by atoms with Crippen molar-refractivity contribution in [1.82, 2.24) is 4.90 Å². The predicted octanol–water partition coefficient (Wildman–Crippen LogP) is 5.23. The topological polar surface area (TPSA) is 37.4 Å². The van der Waals surface area contributed by atoms with Crippen LogP contribution < -0.4 is 0 Å². The molecule has 1 aliphatic rings. The Labute approximate surface area is 162 Å². The lowest BCUT2D eigenvalue weighted by Crippen LogP contribution is -2.43. The first kappa shape index (κ1) is 16.5. The van der Waals surface area contributed by atoms with Gasteiger partial charge < -0.3 is 0 Å². The summed E-state index contributed by atoms with van der Waals surface area (Å²) in [5.74, 6) is -0.515. The second kappa shape index (κ2) is 6.46. The van der Waals surface area contributed by atoms with Crippen LogP contribution in [-0.4, -0.2) is 16.7 Å². The van der Waals surface area contributed by atoms with Crippen LogP contribution in [0.2, 0.25) is 0 Å². The summed E-state index contributed by atoms with van der Waals surface area (Å²) >= 11 is 0. The minimum atomic E-state index is -0.481. The highest BCUT2D eigenvalue weighted by molar-refractivity contribution is 6.25. The van der Waals surface area contributed by atoms with Crippen molar-refractivity contribution in [3.8, 4) is 0 Å². The van der Waals surface area contributed by atoms with Crippen molar-refractivity contribution in [3.05, 3.63) is 119 Å². The van der Waals surface area contributed by atoms with E-state index in [1.807, 2.05) is 84.9 Å². The van der Waals surface area contributed by atoms with Crippen LogP contribution in [0.1, 0.15) is 37.9 Å². The number of hydrogen-bond acceptors (Lipinski definition) is 2. The summed E-state index contributed by atoms with van der Waals surface area (Å²) in [6, 6.07) is 30.2. The number of amides is 2. The maximum atomic E-state index is 13.5. The quantitative estimate of drug-likeness (QED) is 0.468. The molecule has 0 spiro atoms. The highest BCUT2D eigenvalue weighted by Crippen LogP contribution is 2.37. The van der Waals surface area contributed by atoms with E-state index in [-0.39, 0.29) is 11.8 Å². The number of hydrogen-bond donors (Lipinski definition) is 0. The maximum Gasteiger partial charge on any atom is 0.262 e. The lowest BCUT2D eigenvalue weighted by molar-refractivity contribution is 0.0563. The van der Waals surface area contributed by atoms with Gasteiger partial charge in [-0.3, -0.25) is 14.5 Å². The Morgan fingerprint density at radius 3 is 1.46 bits per heavy atom. The first-order chi connectivity index (χ1) is 13.8. The Kier molecular flexibility index (Phi) is 3.80. The van der Waals surface area contributed by atoms with Crippen LogP contribution in [0.5, 0.6) is 0 Å². The Morgan fingerprint density at radius 2 is 1.00 bits per heavy atom. The van der Waals surface area contributed by atoms with Gasteiger partial charge >= 0.3 is 0 Å². The predicted molar refractivity (Wildman–Crippen MR) is 109 cm³/mol. The van der Waals surface area contributed by atoms with Crippen LogP contribution in [0.3, 0.4) is 0 Å². The highest BCUT2D eigenvalue weighted by Gasteiger charge is 2.38. The van der Waals surface area contributed by atoms with E-state index in [0.29, 0.717) is 11.1 Å². The van der Waals surface area contributed by atoms with Gasteiger partial charge in [-0.05, 0) is 28.6 Å². The molecule has 0 radical (unpaired) electrons. The molecule has 0 fully saturated rings. The van der Waals surface area contributed by atoms with E-state index >= 15 is 0 Å². The van der Waals surface area contributed by atoms with Crippen LogP contribution in [-0.2, 0) is 0 Å². The second-order valence-electron chi connectivity index (χ2n) is 6.91. The van der Waals surface area contributed by atoms with E-state index < -0.39 is 6.04 Å². The van der Waals surface area contributed by atoms with Crippen LogP contribution in [0, 0.1) is 0 Å². The van der Waals surface area contributed by atoms with E-state index in [1.54, 1.807) is 12.1 Å². The smallest absolute Gasteiger partial charge is 0.262 e. The van der Waals surface area contributed by atoms with Crippen molar-refractivity contribution in [2.24, 2.45) is 0 Å². The molecule has 5 rings (SSSR count). The zero-order valence-corrected chi connectivity index (χ0v) is 15.1. The molecule has 0 unspecified atom stereocenters. The minimum Gasteiger partial charge on any atom is -0.269 e. The van der Waals surface area contributed by atoms with Gasteiger partial charge in [0.1, 0.15) is 0 Å². The Balaban J connectivity index is 1.75. The standard InChI is InChI=1S/C25H17NO2/c27-24-20-15-7-13-17-14-8-16-21(22(17)20)25(28)26(24)23(18-9-3-1-4-10-18)19-11-5-2-6-12-19/h1-16,23H. The van der Waals surface area contributed by atoms with E-state index in [0.717, 1.165) is 21.9 Å². The molecule has 0 saturated heterocycles. The van der Waals surface area contributed by atoms with E-state index in [2.05, 4.69) is 0 Å². The third kappa shape index (κ3) is 2.44. The number of benzene rings is 4. The molecule has 1 aliphatic heterocycles. The van der Waals surface area contributed by atoms with Crippen molar-refractivity contribution in [2.45, 2.75) is 6.04 Å². The first-order valence-electron chi connectivity index (χ1n) is 9.25. The molecule has 4 aromatic carbocycles. The van der Waals surface area contributed by atoms with Gasteiger partial charge in [-0.15, -0.1) is 0 Å². The summed E-state index contributed by atoms with van der Waals surface area (Å²) in [6.07, 6.45) is 0. The fourth-order valence-corrected chi connectivity index (χ4v) is 4.04. The third-order valence-corrected chi connectivity index (χ3v) is 5.29. The molecule has 3 heteroatoms. The molecule has 134 valence electrons. The zero-order valence-electron chi connectivity index (χ0n) is 15.1. The molecule has 0 saturated carbocycles. The molecule has 28 heavy (non-hydrogen) atoms. The van der Waals surface area contributed by atoms with E-state index in [9.17, 15) is 9.59 Å². The lowest BCUT2D eigenvalue weighted by atomic mass is 9.90. The minimum absolute atomic E-state index is 0.257. The molecular formula is C25H17NO2. The van der Waals surface area contributed by atoms with Gasteiger partial charge in [-0.1, -0.05) is 84.9 Å². The summed E-state index contributed by atoms with van der Waals surface area (Å²) in [6.45, 7) is 0. The Morgan fingerprint density at radius 1 is 0.536 bits per heavy atom. The monoisotopic (exact) mass is 363 g/mol. The van der Waals surface area contributed by atoms with Crippen molar-refractivity contribution in [2.75, 3.05) is 0 Å². The summed E-state index contributed by atoms with van der Waals surface area (Å²) in [4.78, 5) is 28.4. The fourth-order valence-electron chi connectivity index (χ4n) is 4.04. The normalized spacial score (nSPS) is 13.4. The largest absolute Gasteiger partial charge is 0.269 e. The summed E-state index contributed by atoms with van der Waals surface area (Å²) < 4.78 is 0. The molecule has 2 amide bonds. The molecule has 1 heterocycles. The van der Waals surface area contributed by atoms with Crippen LogP contribution in [0.15, 0.2) is 97.1 Å². The number of imide groups is 1. The number of rotatable bonds is 3. The van der Waals surface area contributed by atoms with Crippen molar-refractivity contribution in [1.29, 1.82) is 0 Å². The number of carbonyl (C=O) groups excluding carboxylic acids is 2. The highest BCUT2D eigenvalue weighted by atomic mass is 16.2. The molecule has 4 aromatic rings. The maximum absolute atomic E-state index is 13.5. The molecule has 3 nitrogen and oxygen atoms in total. The van der Waals surface area contributed by atoms with Gasteiger partial charge in [0.25, 0.3) is 11.8 Å². The van der Waals surface area contributed by atoms with Gasteiger partial charge in [-0.25, -0.2) is 0 Å². The summed E-state index contributed by atoms with van der Waals surface area (Å²) in [5, 5.41) is 1.66. The van der Waals surface area contributed by atoms with Crippen molar-refractivity contribution >= 4 is 22.6 Å². The zero-order chi connectivity index (χ0) is 19.1. The van der Waals surface area contributed by atoms with E-state index in [1.165, 1.54) is 4.90 Å². The average Bonchev–Trinajstić information content (AvgIpc) is 2.76. The molecular weight excluding hydrogens is 346 g/mol. The molecule has 0 atom stereocenters. The SMILES string of the molecule is O=C1c2cccc3cccc(c23)C(=O)N1C(c1ccccc1)c1ccccc1. The average molecular weight is 363 g/mol. The second-order valence-corrected chi connectivity index (χ2v) is 6.91. The Hall–Kier alpha value is -3.72. The van der Waals surface area contributed by atoms with Gasteiger partial charge in [0.2, 0.25) is 0 Å². The summed E-state index contributed by atoms with van der Waals surface area (Å²) in [5.41, 5.74) is 2.96. The summed E-state index contributed by atoms with van der Waals surface area (Å²) in [7, 11) is 0. The van der Waals surface area contributed by atoms with Crippen LogP contribution in [0.25, 0.3) is 10.8 Å². The fraction of sp³-hybridized carbons (Fsp3) is 0.0400. The Bertz CT molecular complexity index is 1110. The van der Waals surface area contributed by atoms with Crippen LogP contribution >= 0.6 is 0 Å². The van der Waals surface area contributed by atoms with Crippen molar-refractivity contribution in [3.63, 3.8) is 0 Å². The van der Waals surface area contributed by atoms with Gasteiger partial charge in [0.15, 0.2) is 0 Å². The van der Waals surface area contributed by atoms with Gasteiger partial charge in [0, 0.05) is 16.5 Å². The lowest BCUT2D eigenvalue weighted by Gasteiger charge is -2.34. The molecule has 0 bridgehead atoms. The van der Waals surface area contributed by atoms with Gasteiger partial charge in [0.05, 0.1) is 6.04 Å². The van der Waals surface area contributed by atoms with Gasteiger partial charge in [-0.2, -0.15) is 0 Å². The molecule has 0 aromatic heterocycles. The van der Waals surface area contributed by atoms with E-state index in [4.69, 9.17) is 0 Å². The van der Waals surface area contributed by atoms with Crippen molar-refractivity contribution < 1.29 is 9.59 Å². The third-order valence-electron chi connectivity index (χ3n) is 5.29. The van der Waals surface area contributed by atoms with Crippen LogP contribution in [0.4, 0.5) is 0 Å². The first-order valence-corrected chi connectivity index (χ1v) is 9.25.